The van der Waals surface area contributed by atoms with Gasteiger partial charge in [-0.3, -0.25) is 0 Å². The standard InChI is InChI=1S/4C3H6.2O.Ti/c4*1-3-2;;;/h4*3H,1H2,2H3;;;/q;;;;2*-2;+4. The van der Waals surface area contributed by atoms with Crippen LogP contribution in [0.2, 0.25) is 0 Å². The normalized spacial score (nSPS) is 3.47. The molecule has 0 aromatic heterocycles. The van der Waals surface area contributed by atoms with Crippen molar-refractivity contribution in [3.8, 4) is 0 Å². The van der Waals surface area contributed by atoms with Gasteiger partial charge in [-0.25, -0.2) is 0 Å². The van der Waals surface area contributed by atoms with Crippen LogP contribution in [0.3, 0.4) is 0 Å². The van der Waals surface area contributed by atoms with Gasteiger partial charge in [0.1, 0.15) is 0 Å². The second-order valence-electron chi connectivity index (χ2n) is 1.63. The smallest absolute Gasteiger partial charge is 2.00 e. The Hall–Kier alpha value is -0.406. The zero-order valence-corrected chi connectivity index (χ0v) is 12.0. The second-order valence-corrected chi connectivity index (χ2v) is 1.63. The van der Waals surface area contributed by atoms with Crippen LogP contribution in [0, 0.1) is 0 Å². The Morgan fingerprint density at radius 1 is 0.533 bits per heavy atom. The summed E-state index contributed by atoms with van der Waals surface area (Å²) in [4.78, 5) is 0. The van der Waals surface area contributed by atoms with Gasteiger partial charge in [0, 0.05) is 0 Å². The Morgan fingerprint density at radius 3 is 0.533 bits per heavy atom. The fourth-order valence-electron chi connectivity index (χ4n) is 0. The van der Waals surface area contributed by atoms with E-state index in [9.17, 15) is 0 Å². The zero-order valence-electron chi connectivity index (χ0n) is 10.5. The van der Waals surface area contributed by atoms with Crippen molar-refractivity contribution in [2.75, 3.05) is 0 Å². The van der Waals surface area contributed by atoms with Gasteiger partial charge in [0.15, 0.2) is 0 Å². The Balaban J connectivity index is -0.0000000107. The number of rotatable bonds is 0. The number of hydrogen-bond acceptors (Lipinski definition) is 0. The molecule has 15 heavy (non-hydrogen) atoms. The summed E-state index contributed by atoms with van der Waals surface area (Å²) in [5.74, 6) is 0. The molecule has 0 radical (unpaired) electrons. The molecule has 0 aromatic carbocycles. The quantitative estimate of drug-likeness (QED) is 0.446. The van der Waals surface area contributed by atoms with Gasteiger partial charge in [0.25, 0.3) is 0 Å². The summed E-state index contributed by atoms with van der Waals surface area (Å²) in [5.41, 5.74) is 0. The van der Waals surface area contributed by atoms with Crippen LogP contribution in [0.1, 0.15) is 27.7 Å². The molecule has 2 nitrogen and oxygen atoms in total. The minimum Gasteiger partial charge on any atom is -2.00 e. The van der Waals surface area contributed by atoms with Crippen LogP contribution < -0.4 is 0 Å². The van der Waals surface area contributed by atoms with Gasteiger partial charge in [0.05, 0.1) is 0 Å². The summed E-state index contributed by atoms with van der Waals surface area (Å²) in [6.07, 6.45) is 7.00. The van der Waals surface area contributed by atoms with Gasteiger partial charge in [-0.05, 0) is 27.7 Å². The molecule has 0 heterocycles. The zero-order chi connectivity index (χ0) is 10.8. The molecule has 0 unspecified atom stereocenters. The third-order valence-corrected chi connectivity index (χ3v) is 0. The fourth-order valence-corrected chi connectivity index (χ4v) is 0. The van der Waals surface area contributed by atoms with Crippen LogP contribution in [0.4, 0.5) is 0 Å². The van der Waals surface area contributed by atoms with E-state index in [1.165, 1.54) is 0 Å². The molecular weight excluding hydrogens is 224 g/mol. The number of allylic oxidation sites excluding steroid dienone is 4. The van der Waals surface area contributed by atoms with Gasteiger partial charge in [-0.1, -0.05) is 24.3 Å². The molecule has 0 rings (SSSR count). The van der Waals surface area contributed by atoms with Crippen LogP contribution in [0.15, 0.2) is 50.6 Å². The topological polar surface area (TPSA) is 57.0 Å². The Morgan fingerprint density at radius 2 is 0.533 bits per heavy atom. The van der Waals surface area contributed by atoms with Crippen molar-refractivity contribution < 1.29 is 32.7 Å². The molecule has 0 atom stereocenters. The first-order valence-electron chi connectivity index (χ1n) is 3.94. The SMILES string of the molecule is C=CC.C=CC.C=CC.C=CC.[O-2].[O-2].[Ti+4]. The minimum atomic E-state index is 0. The van der Waals surface area contributed by atoms with Crippen LogP contribution in [0.5, 0.6) is 0 Å². The summed E-state index contributed by atoms with van der Waals surface area (Å²) in [7, 11) is 0. The third-order valence-electron chi connectivity index (χ3n) is 0. The van der Waals surface area contributed by atoms with Gasteiger partial charge >= 0.3 is 21.7 Å². The van der Waals surface area contributed by atoms with E-state index in [1.807, 2.05) is 27.7 Å². The van der Waals surface area contributed by atoms with E-state index in [1.54, 1.807) is 24.3 Å². The molecule has 0 aliphatic rings. The summed E-state index contributed by atoms with van der Waals surface area (Å²) in [5, 5.41) is 0. The Kier molecular flexibility index (Phi) is 520. The maximum Gasteiger partial charge on any atom is 4.00 e. The molecule has 0 saturated heterocycles. The van der Waals surface area contributed by atoms with E-state index in [4.69, 9.17) is 0 Å². The molecule has 0 spiro atoms. The van der Waals surface area contributed by atoms with Crippen molar-refractivity contribution in [1.29, 1.82) is 0 Å². The first kappa shape index (κ1) is 46.8. The van der Waals surface area contributed by atoms with Gasteiger partial charge in [0.2, 0.25) is 0 Å². The van der Waals surface area contributed by atoms with E-state index in [-0.39, 0.29) is 32.7 Å². The second kappa shape index (κ2) is 167. The van der Waals surface area contributed by atoms with E-state index in [0.29, 0.717) is 0 Å². The summed E-state index contributed by atoms with van der Waals surface area (Å²) in [6, 6.07) is 0. The minimum absolute atomic E-state index is 0. The average Bonchev–Trinajstić information content (AvgIpc) is 1.92. The van der Waals surface area contributed by atoms with Crippen molar-refractivity contribution in [3.05, 3.63) is 50.6 Å². The fraction of sp³-hybridized carbons (Fsp3) is 0.333. The molecule has 0 N–H and O–H groups in total. The number of hydrogen-bond donors (Lipinski definition) is 0. The van der Waals surface area contributed by atoms with Crippen molar-refractivity contribution in [3.63, 3.8) is 0 Å². The summed E-state index contributed by atoms with van der Waals surface area (Å²) >= 11 is 0. The molecule has 0 aliphatic heterocycles. The molecule has 0 aromatic rings. The van der Waals surface area contributed by atoms with E-state index in [2.05, 4.69) is 26.3 Å². The van der Waals surface area contributed by atoms with Crippen molar-refractivity contribution in [2.24, 2.45) is 0 Å². The van der Waals surface area contributed by atoms with Crippen molar-refractivity contribution in [2.45, 2.75) is 27.7 Å². The Labute approximate surface area is 111 Å². The van der Waals surface area contributed by atoms with Crippen LogP contribution in [0.25, 0.3) is 0 Å². The molecule has 3 heteroatoms. The van der Waals surface area contributed by atoms with Gasteiger partial charge in [-0.2, -0.15) is 0 Å². The maximum absolute atomic E-state index is 3.36. The van der Waals surface area contributed by atoms with Crippen LogP contribution in [-0.4, -0.2) is 0 Å². The molecule has 0 saturated carbocycles. The summed E-state index contributed by atoms with van der Waals surface area (Å²) in [6.45, 7) is 21.0. The first-order chi connectivity index (χ1) is 5.66. The molecular formula is C12H24O2Ti. The summed E-state index contributed by atoms with van der Waals surface area (Å²) < 4.78 is 0. The van der Waals surface area contributed by atoms with E-state index < -0.39 is 0 Å². The van der Waals surface area contributed by atoms with Crippen molar-refractivity contribution >= 4 is 0 Å². The largest absolute Gasteiger partial charge is 4.00 e. The Bertz CT molecular complexity index is 67.6. The first-order valence-corrected chi connectivity index (χ1v) is 3.94. The van der Waals surface area contributed by atoms with Gasteiger partial charge in [-0.15, -0.1) is 26.3 Å². The maximum atomic E-state index is 3.36. The predicted octanol–water partition coefficient (Wildman–Crippen LogP) is 4.53. The van der Waals surface area contributed by atoms with E-state index in [0.717, 1.165) is 0 Å². The third kappa shape index (κ3) is 11100. The average molecular weight is 248 g/mol. The van der Waals surface area contributed by atoms with Crippen LogP contribution >= 0.6 is 0 Å². The molecule has 0 amide bonds. The molecule has 0 aliphatic carbocycles. The molecule has 0 bridgehead atoms. The molecule has 88 valence electrons. The van der Waals surface area contributed by atoms with Gasteiger partial charge < -0.3 is 11.0 Å². The van der Waals surface area contributed by atoms with E-state index >= 15 is 0 Å². The van der Waals surface area contributed by atoms with Crippen molar-refractivity contribution in [1.82, 2.24) is 0 Å². The van der Waals surface area contributed by atoms with Crippen LogP contribution in [-0.2, 0) is 32.7 Å². The molecule has 0 fully saturated rings. The monoisotopic (exact) mass is 248 g/mol. The predicted molar refractivity (Wildman–Crippen MR) is 64.9 cm³/mol.